The fraction of sp³-hybridized carbons (Fsp3) is 0.160. The van der Waals surface area contributed by atoms with Crippen LogP contribution in [0, 0.1) is 0 Å². The van der Waals surface area contributed by atoms with Gasteiger partial charge in [-0.2, -0.15) is 0 Å². The van der Waals surface area contributed by atoms with Crippen molar-refractivity contribution in [1.29, 1.82) is 0 Å². The number of oxazole rings is 1. The summed E-state index contributed by atoms with van der Waals surface area (Å²) in [6, 6.07) is 17.7. The molecular formula is C25H22ClN3O4S. The third-order valence-corrected chi connectivity index (χ3v) is 5.28. The maximum Gasteiger partial charge on any atom is 0.257 e. The van der Waals surface area contributed by atoms with E-state index in [1.807, 2.05) is 38.1 Å². The van der Waals surface area contributed by atoms with Crippen molar-refractivity contribution in [2.45, 2.75) is 13.8 Å². The Morgan fingerprint density at radius 2 is 1.79 bits per heavy atom. The van der Waals surface area contributed by atoms with Crippen LogP contribution in [0.5, 0.6) is 11.5 Å². The molecule has 0 atom stereocenters. The molecule has 0 saturated heterocycles. The zero-order chi connectivity index (χ0) is 24.1. The standard InChI is InChI=1S/C25H22ClN3O4S/c1-3-31-18-9-5-15(6-10-18)24-28-20-14-17(8-12-22(20)33-24)27-25(34)29-23(30)16-7-11-21(32-4-2)19(26)13-16/h5-14H,3-4H2,1-2H3,(H2,27,29,30,34). The van der Waals surface area contributed by atoms with Crippen LogP contribution < -0.4 is 20.1 Å². The van der Waals surface area contributed by atoms with Gasteiger partial charge in [-0.15, -0.1) is 0 Å². The minimum atomic E-state index is -0.386. The highest BCUT2D eigenvalue weighted by molar-refractivity contribution is 7.80. The number of fused-ring (bicyclic) bond motifs is 1. The first-order chi connectivity index (χ1) is 16.5. The number of rotatable bonds is 7. The molecule has 0 unspecified atom stereocenters. The summed E-state index contributed by atoms with van der Waals surface area (Å²) in [5, 5.41) is 6.14. The van der Waals surface area contributed by atoms with E-state index in [1.165, 1.54) is 6.07 Å². The summed E-state index contributed by atoms with van der Waals surface area (Å²) in [6.45, 7) is 4.89. The Morgan fingerprint density at radius 3 is 2.50 bits per heavy atom. The molecule has 0 saturated carbocycles. The number of carbonyl (C=O) groups excluding carboxylic acids is 1. The SMILES string of the molecule is CCOc1ccc(-c2nc3cc(NC(=S)NC(=O)c4ccc(OCC)c(Cl)c4)ccc3o2)cc1. The normalized spacial score (nSPS) is 10.7. The molecule has 4 rings (SSSR count). The Labute approximate surface area is 207 Å². The first-order valence-corrected chi connectivity index (χ1v) is 11.4. The zero-order valence-electron chi connectivity index (χ0n) is 18.6. The van der Waals surface area contributed by atoms with E-state index in [0.717, 1.165) is 11.3 Å². The second-order valence-corrected chi connectivity index (χ2v) is 7.96. The molecule has 7 nitrogen and oxygen atoms in total. The van der Waals surface area contributed by atoms with Crippen LogP contribution in [0.2, 0.25) is 5.02 Å². The average molecular weight is 496 g/mol. The molecule has 0 aliphatic carbocycles. The summed E-state index contributed by atoms with van der Waals surface area (Å²) in [5.41, 5.74) is 3.15. The van der Waals surface area contributed by atoms with Crippen molar-refractivity contribution in [3.63, 3.8) is 0 Å². The summed E-state index contributed by atoms with van der Waals surface area (Å²) < 4.78 is 16.7. The van der Waals surface area contributed by atoms with E-state index in [0.29, 0.717) is 52.2 Å². The number of aromatic nitrogens is 1. The monoisotopic (exact) mass is 495 g/mol. The fourth-order valence-corrected chi connectivity index (χ4v) is 3.69. The second-order valence-electron chi connectivity index (χ2n) is 7.15. The van der Waals surface area contributed by atoms with Gasteiger partial charge in [0.25, 0.3) is 5.91 Å². The Morgan fingerprint density at radius 1 is 1.03 bits per heavy atom. The fourth-order valence-electron chi connectivity index (χ4n) is 3.24. The van der Waals surface area contributed by atoms with Gasteiger partial charge in [-0.25, -0.2) is 4.98 Å². The van der Waals surface area contributed by atoms with E-state index in [1.54, 1.807) is 30.3 Å². The number of nitrogens with one attached hydrogen (secondary N) is 2. The molecule has 4 aromatic rings. The molecule has 3 aromatic carbocycles. The number of hydrogen-bond donors (Lipinski definition) is 2. The predicted molar refractivity (Wildman–Crippen MR) is 137 cm³/mol. The number of amides is 1. The molecular weight excluding hydrogens is 474 g/mol. The number of carbonyl (C=O) groups is 1. The lowest BCUT2D eigenvalue weighted by Crippen LogP contribution is -2.34. The largest absolute Gasteiger partial charge is 0.494 e. The van der Waals surface area contributed by atoms with Crippen LogP contribution in [0.15, 0.2) is 65.1 Å². The van der Waals surface area contributed by atoms with Crippen LogP contribution in [-0.4, -0.2) is 29.2 Å². The van der Waals surface area contributed by atoms with Gasteiger partial charge in [0.15, 0.2) is 10.7 Å². The third kappa shape index (κ3) is 5.47. The summed E-state index contributed by atoms with van der Waals surface area (Å²) in [5.74, 6) is 1.42. The van der Waals surface area contributed by atoms with Gasteiger partial charge in [-0.3, -0.25) is 10.1 Å². The lowest BCUT2D eigenvalue weighted by atomic mass is 10.2. The highest BCUT2D eigenvalue weighted by Crippen LogP contribution is 2.28. The number of ether oxygens (including phenoxy) is 2. The second kappa shape index (κ2) is 10.5. The van der Waals surface area contributed by atoms with Gasteiger partial charge in [0, 0.05) is 16.8 Å². The number of halogens is 1. The van der Waals surface area contributed by atoms with Gasteiger partial charge in [-0.1, -0.05) is 11.6 Å². The Kier molecular flexibility index (Phi) is 7.30. The number of anilines is 1. The molecule has 34 heavy (non-hydrogen) atoms. The lowest BCUT2D eigenvalue weighted by Gasteiger charge is -2.11. The first-order valence-electron chi connectivity index (χ1n) is 10.6. The summed E-state index contributed by atoms with van der Waals surface area (Å²) in [4.78, 5) is 17.1. The molecule has 174 valence electrons. The molecule has 2 N–H and O–H groups in total. The number of hydrogen-bond acceptors (Lipinski definition) is 6. The molecule has 1 aromatic heterocycles. The van der Waals surface area contributed by atoms with Gasteiger partial charge >= 0.3 is 0 Å². The van der Waals surface area contributed by atoms with Crippen LogP contribution in [0.4, 0.5) is 5.69 Å². The number of benzene rings is 3. The number of nitrogens with zero attached hydrogens (tertiary/aromatic N) is 1. The summed E-state index contributed by atoms with van der Waals surface area (Å²) in [6.07, 6.45) is 0. The van der Waals surface area contributed by atoms with Crippen LogP contribution in [0.25, 0.3) is 22.6 Å². The predicted octanol–water partition coefficient (Wildman–Crippen LogP) is 6.07. The van der Waals surface area contributed by atoms with Crippen LogP contribution >= 0.6 is 23.8 Å². The molecule has 0 bridgehead atoms. The van der Waals surface area contributed by atoms with Gasteiger partial charge in [-0.05, 0) is 86.7 Å². The van der Waals surface area contributed by atoms with E-state index in [9.17, 15) is 4.79 Å². The molecule has 0 fully saturated rings. The molecule has 0 aliphatic heterocycles. The Bertz CT molecular complexity index is 1340. The van der Waals surface area contributed by atoms with Crippen molar-refractivity contribution in [1.82, 2.24) is 10.3 Å². The maximum absolute atomic E-state index is 12.5. The Hall–Kier alpha value is -3.62. The van der Waals surface area contributed by atoms with Crippen LogP contribution in [0.1, 0.15) is 24.2 Å². The highest BCUT2D eigenvalue weighted by Gasteiger charge is 2.13. The first kappa shape index (κ1) is 23.5. The van der Waals surface area contributed by atoms with E-state index in [2.05, 4.69) is 15.6 Å². The Balaban J connectivity index is 1.43. The minimum absolute atomic E-state index is 0.143. The van der Waals surface area contributed by atoms with Crippen molar-refractivity contribution in [3.05, 3.63) is 71.2 Å². The van der Waals surface area contributed by atoms with Crippen molar-refractivity contribution in [2.75, 3.05) is 18.5 Å². The maximum atomic E-state index is 12.5. The summed E-state index contributed by atoms with van der Waals surface area (Å²) >= 11 is 11.5. The van der Waals surface area contributed by atoms with Crippen molar-refractivity contribution in [3.8, 4) is 23.0 Å². The summed E-state index contributed by atoms with van der Waals surface area (Å²) in [7, 11) is 0. The van der Waals surface area contributed by atoms with Gasteiger partial charge in [0.05, 0.1) is 18.2 Å². The minimum Gasteiger partial charge on any atom is -0.494 e. The number of thiocarbonyl (C=S) groups is 1. The lowest BCUT2D eigenvalue weighted by molar-refractivity contribution is 0.0977. The van der Waals surface area contributed by atoms with Crippen molar-refractivity contribution >= 4 is 51.6 Å². The van der Waals surface area contributed by atoms with Gasteiger partial charge in [0.1, 0.15) is 17.0 Å². The van der Waals surface area contributed by atoms with E-state index in [-0.39, 0.29) is 11.0 Å². The molecule has 0 radical (unpaired) electrons. The average Bonchev–Trinajstić information content (AvgIpc) is 3.24. The van der Waals surface area contributed by atoms with E-state index < -0.39 is 0 Å². The van der Waals surface area contributed by atoms with Gasteiger partial charge < -0.3 is 19.2 Å². The van der Waals surface area contributed by atoms with E-state index >= 15 is 0 Å². The third-order valence-electron chi connectivity index (χ3n) is 4.78. The van der Waals surface area contributed by atoms with E-state index in [4.69, 9.17) is 37.7 Å². The topological polar surface area (TPSA) is 85.6 Å². The van der Waals surface area contributed by atoms with Crippen molar-refractivity contribution in [2.24, 2.45) is 0 Å². The molecule has 1 heterocycles. The molecule has 0 aliphatic rings. The highest BCUT2D eigenvalue weighted by atomic mass is 35.5. The zero-order valence-corrected chi connectivity index (χ0v) is 20.1. The smallest absolute Gasteiger partial charge is 0.257 e. The quantitative estimate of drug-likeness (QED) is 0.301. The molecule has 9 heteroatoms. The van der Waals surface area contributed by atoms with Crippen LogP contribution in [-0.2, 0) is 0 Å². The van der Waals surface area contributed by atoms with Crippen molar-refractivity contribution < 1.29 is 18.7 Å². The molecule has 0 spiro atoms. The molecule has 1 amide bonds. The van der Waals surface area contributed by atoms with Gasteiger partial charge in [0.2, 0.25) is 5.89 Å². The van der Waals surface area contributed by atoms with Crippen LogP contribution in [0.3, 0.4) is 0 Å².